The van der Waals surface area contributed by atoms with Crippen molar-refractivity contribution in [2.75, 3.05) is 18.0 Å². The van der Waals surface area contributed by atoms with Crippen molar-refractivity contribution in [3.63, 3.8) is 0 Å². The molecule has 13 heteroatoms. The van der Waals surface area contributed by atoms with Crippen LogP contribution in [0.4, 0.5) is 35.9 Å². The van der Waals surface area contributed by atoms with Crippen LogP contribution >= 0.6 is 11.3 Å². The van der Waals surface area contributed by atoms with Crippen LogP contribution in [0, 0.1) is 40.7 Å². The van der Waals surface area contributed by atoms with Crippen LogP contribution in [0.1, 0.15) is 12.8 Å². The Morgan fingerprint density at radius 2 is 1.42 bits per heavy atom. The molecule has 0 radical (unpaired) electrons. The molecule has 33 heavy (non-hydrogen) atoms. The Balaban J connectivity index is 1.53. The van der Waals surface area contributed by atoms with E-state index in [0.29, 0.717) is 16.4 Å². The lowest BCUT2D eigenvalue weighted by Crippen LogP contribution is -2.40. The van der Waals surface area contributed by atoms with Gasteiger partial charge in [0.1, 0.15) is 4.90 Å². The zero-order valence-corrected chi connectivity index (χ0v) is 18.0. The first-order valence-corrected chi connectivity index (χ1v) is 11.9. The topological polar surface area (TPSA) is 50.3 Å². The van der Waals surface area contributed by atoms with Crippen LogP contribution in [0.3, 0.4) is 0 Å². The van der Waals surface area contributed by atoms with E-state index in [9.17, 15) is 39.2 Å². The van der Waals surface area contributed by atoms with Crippen molar-refractivity contribution < 1.29 is 39.2 Å². The molecular formula is C20H13F7N2O2S2. The molecule has 0 N–H and O–H groups in total. The summed E-state index contributed by atoms with van der Waals surface area (Å²) in [5, 5.41) is 0.675. The van der Waals surface area contributed by atoms with Crippen molar-refractivity contribution in [3.8, 4) is 11.3 Å². The third-order valence-corrected chi connectivity index (χ3v) is 8.49. The fourth-order valence-electron chi connectivity index (χ4n) is 3.56. The Hall–Kier alpha value is -2.67. The molecule has 0 saturated carbocycles. The van der Waals surface area contributed by atoms with Crippen molar-refractivity contribution in [3.05, 3.63) is 64.3 Å². The average molecular weight is 510 g/mol. The molecule has 3 aromatic rings. The molecule has 176 valence electrons. The summed E-state index contributed by atoms with van der Waals surface area (Å²) in [6.45, 7) is 0.147. The van der Waals surface area contributed by atoms with Crippen LogP contribution in [-0.4, -0.2) is 31.7 Å². The van der Waals surface area contributed by atoms with E-state index in [1.165, 1.54) is 6.07 Å². The number of piperidine rings is 1. The van der Waals surface area contributed by atoms with Gasteiger partial charge in [-0.1, -0.05) is 0 Å². The zero-order valence-electron chi connectivity index (χ0n) is 16.4. The fourth-order valence-corrected chi connectivity index (χ4v) is 6.29. The van der Waals surface area contributed by atoms with Gasteiger partial charge in [-0.2, -0.15) is 0 Å². The van der Waals surface area contributed by atoms with E-state index in [4.69, 9.17) is 0 Å². The van der Waals surface area contributed by atoms with Gasteiger partial charge in [-0.3, -0.25) is 0 Å². The summed E-state index contributed by atoms with van der Waals surface area (Å²) in [4.78, 5) is 4.18. The number of sulfone groups is 1. The number of nitrogens with zero attached hydrogens (tertiary/aromatic N) is 2. The van der Waals surface area contributed by atoms with Gasteiger partial charge in [-0.15, -0.1) is 11.3 Å². The zero-order chi connectivity index (χ0) is 24.1. The Bertz CT molecular complexity index is 1310. The number of hydrogen-bond acceptors (Lipinski definition) is 5. The molecule has 1 aliphatic heterocycles. The Kier molecular flexibility index (Phi) is 6.12. The maximum Gasteiger partial charge on any atom is 0.200 e. The molecule has 4 rings (SSSR count). The molecule has 0 aliphatic carbocycles. The number of halogens is 7. The maximum absolute atomic E-state index is 14.0. The van der Waals surface area contributed by atoms with Gasteiger partial charge < -0.3 is 4.90 Å². The summed E-state index contributed by atoms with van der Waals surface area (Å²) in [7, 11) is -4.85. The molecule has 2 heterocycles. The Morgan fingerprint density at radius 3 is 2.00 bits per heavy atom. The normalized spacial score (nSPS) is 15.3. The van der Waals surface area contributed by atoms with Crippen molar-refractivity contribution in [1.29, 1.82) is 0 Å². The summed E-state index contributed by atoms with van der Waals surface area (Å²) < 4.78 is 120. The van der Waals surface area contributed by atoms with Gasteiger partial charge in [0, 0.05) is 24.0 Å². The van der Waals surface area contributed by atoms with Gasteiger partial charge in [0.2, 0.25) is 5.82 Å². The van der Waals surface area contributed by atoms with Gasteiger partial charge in [0.05, 0.1) is 10.9 Å². The summed E-state index contributed by atoms with van der Waals surface area (Å²) in [5.41, 5.74) is 0.699. The van der Waals surface area contributed by atoms with Gasteiger partial charge in [-0.05, 0) is 31.0 Å². The number of anilines is 1. The van der Waals surface area contributed by atoms with E-state index in [1.54, 1.807) is 10.3 Å². The Morgan fingerprint density at radius 1 is 0.848 bits per heavy atom. The quantitative estimate of drug-likeness (QED) is 0.209. The third-order valence-electron chi connectivity index (χ3n) is 5.31. The smallest absolute Gasteiger partial charge is 0.200 e. The molecule has 1 fully saturated rings. The van der Waals surface area contributed by atoms with Crippen molar-refractivity contribution in [1.82, 2.24) is 4.98 Å². The highest BCUT2D eigenvalue weighted by Crippen LogP contribution is 2.35. The molecule has 0 atom stereocenters. The number of rotatable bonds is 4. The number of aromatic nitrogens is 1. The van der Waals surface area contributed by atoms with Gasteiger partial charge in [0.15, 0.2) is 49.9 Å². The maximum atomic E-state index is 14.0. The second-order valence-corrected chi connectivity index (χ2v) is 10.3. The predicted molar refractivity (Wildman–Crippen MR) is 106 cm³/mol. The highest BCUT2D eigenvalue weighted by Gasteiger charge is 2.39. The van der Waals surface area contributed by atoms with Crippen molar-refractivity contribution in [2.45, 2.75) is 23.0 Å². The van der Waals surface area contributed by atoms with Gasteiger partial charge in [0.25, 0.3) is 0 Å². The van der Waals surface area contributed by atoms with Crippen LogP contribution in [0.15, 0.2) is 28.5 Å². The lowest BCUT2D eigenvalue weighted by molar-refractivity contribution is 0.356. The van der Waals surface area contributed by atoms with Crippen LogP contribution < -0.4 is 4.90 Å². The van der Waals surface area contributed by atoms with Crippen LogP contribution in [0.5, 0.6) is 0 Å². The molecule has 4 nitrogen and oxygen atoms in total. The van der Waals surface area contributed by atoms with Gasteiger partial charge >= 0.3 is 0 Å². The van der Waals surface area contributed by atoms with Crippen molar-refractivity contribution in [2.24, 2.45) is 0 Å². The Labute approximate surface area is 187 Å². The molecule has 1 saturated heterocycles. The van der Waals surface area contributed by atoms with E-state index >= 15 is 0 Å². The number of thiazole rings is 1. The van der Waals surface area contributed by atoms with Crippen LogP contribution in [0.2, 0.25) is 0 Å². The standard InChI is InChI=1S/C20H13F7N2O2S2/c21-11-2-1-9(7-12(11)22)13-8-32-20(28-13)29-5-3-10(4-6-29)33(30,31)19-17(26)15(24)14(23)16(25)18(19)27/h1-2,7-8,10H,3-6H2. The first-order chi connectivity index (χ1) is 15.5. The van der Waals surface area contributed by atoms with E-state index in [-0.39, 0.29) is 25.9 Å². The molecule has 0 bridgehead atoms. The van der Waals surface area contributed by atoms with E-state index in [1.807, 2.05) is 0 Å². The minimum absolute atomic E-state index is 0.0734. The predicted octanol–water partition coefficient (Wildman–Crippen LogP) is 5.23. The minimum Gasteiger partial charge on any atom is -0.348 e. The third kappa shape index (κ3) is 4.07. The highest BCUT2D eigenvalue weighted by atomic mass is 32.2. The summed E-state index contributed by atoms with van der Waals surface area (Å²) in [6, 6.07) is 3.29. The van der Waals surface area contributed by atoms with E-state index < -0.39 is 60.7 Å². The number of benzene rings is 2. The molecule has 0 spiro atoms. The minimum atomic E-state index is -4.85. The SMILES string of the molecule is O=S(=O)(c1c(F)c(F)c(F)c(F)c1F)C1CCN(c2nc(-c3ccc(F)c(F)c3)cs2)CC1. The fraction of sp³-hybridized carbons (Fsp3) is 0.250. The first kappa shape index (κ1) is 23.5. The summed E-state index contributed by atoms with van der Waals surface area (Å²) in [6.07, 6.45) is -0.302. The average Bonchev–Trinajstić information content (AvgIpc) is 3.28. The van der Waals surface area contributed by atoms with E-state index in [2.05, 4.69) is 4.98 Å². The lowest BCUT2D eigenvalue weighted by atomic mass is 10.1. The molecule has 1 aromatic heterocycles. The molecule has 2 aromatic carbocycles. The first-order valence-electron chi connectivity index (χ1n) is 9.43. The van der Waals surface area contributed by atoms with Crippen LogP contribution in [-0.2, 0) is 9.84 Å². The lowest BCUT2D eigenvalue weighted by Gasteiger charge is -2.31. The van der Waals surface area contributed by atoms with E-state index in [0.717, 1.165) is 23.5 Å². The van der Waals surface area contributed by atoms with Crippen molar-refractivity contribution >= 4 is 26.3 Å². The highest BCUT2D eigenvalue weighted by molar-refractivity contribution is 7.92. The number of hydrogen-bond donors (Lipinski definition) is 0. The molecule has 0 amide bonds. The summed E-state index contributed by atoms with van der Waals surface area (Å²) in [5.74, 6) is -13.9. The summed E-state index contributed by atoms with van der Waals surface area (Å²) >= 11 is 1.16. The molecular weight excluding hydrogens is 497 g/mol. The van der Waals surface area contributed by atoms with Crippen LogP contribution in [0.25, 0.3) is 11.3 Å². The second kappa shape index (κ2) is 8.60. The second-order valence-electron chi connectivity index (χ2n) is 7.27. The molecule has 1 aliphatic rings. The van der Waals surface area contributed by atoms with Gasteiger partial charge in [-0.25, -0.2) is 44.1 Å². The monoisotopic (exact) mass is 510 g/mol. The largest absolute Gasteiger partial charge is 0.348 e. The molecule has 0 unspecified atom stereocenters.